The molecule has 0 N–H and O–H groups in total. The van der Waals surface area contributed by atoms with Gasteiger partial charge >= 0.3 is 0 Å². The van der Waals surface area contributed by atoms with Gasteiger partial charge in [0.25, 0.3) is 0 Å². The molecule has 0 saturated carbocycles. The fraction of sp³-hybridized carbons (Fsp3) is 0.280. The van der Waals surface area contributed by atoms with Crippen molar-refractivity contribution in [2.24, 2.45) is 0 Å². The highest BCUT2D eigenvalue weighted by Gasteiger charge is 2.22. The molecule has 0 aliphatic carbocycles. The van der Waals surface area contributed by atoms with Crippen LogP contribution in [0, 0.1) is 5.82 Å². The first-order chi connectivity index (χ1) is 14.4. The van der Waals surface area contributed by atoms with Crippen molar-refractivity contribution >= 4 is 11.6 Å². The van der Waals surface area contributed by atoms with Gasteiger partial charge in [0.15, 0.2) is 0 Å². The molecule has 0 amide bonds. The summed E-state index contributed by atoms with van der Waals surface area (Å²) in [6.07, 6.45) is 0. The van der Waals surface area contributed by atoms with E-state index in [9.17, 15) is 4.39 Å². The van der Waals surface area contributed by atoms with E-state index in [1.54, 1.807) is 12.1 Å². The lowest BCUT2D eigenvalue weighted by molar-refractivity contribution is 0.0805. The van der Waals surface area contributed by atoms with E-state index < -0.39 is 0 Å². The minimum absolute atomic E-state index is 0.145. The summed E-state index contributed by atoms with van der Waals surface area (Å²) in [7, 11) is 0. The van der Waals surface area contributed by atoms with Crippen LogP contribution < -0.4 is 9.47 Å². The van der Waals surface area contributed by atoms with Crippen LogP contribution in [0.2, 0.25) is 5.02 Å². The summed E-state index contributed by atoms with van der Waals surface area (Å²) in [5.41, 5.74) is 1.17. The summed E-state index contributed by atoms with van der Waals surface area (Å²) >= 11 is 6.32. The molecule has 0 fully saturated rings. The summed E-state index contributed by atoms with van der Waals surface area (Å²) in [6, 6.07) is 19.8. The number of ether oxygens (including phenoxy) is 3. The molecule has 0 spiro atoms. The summed E-state index contributed by atoms with van der Waals surface area (Å²) in [5.74, 6) is 1.61. The number of hydrogen-bond donors (Lipinski definition) is 0. The van der Waals surface area contributed by atoms with E-state index in [0.29, 0.717) is 41.0 Å². The Morgan fingerprint density at radius 1 is 0.933 bits per heavy atom. The number of rotatable bonds is 9. The Labute approximate surface area is 182 Å². The first-order valence-electron chi connectivity index (χ1n) is 9.91. The first kappa shape index (κ1) is 22.1. The highest BCUT2D eigenvalue weighted by molar-refractivity contribution is 6.32. The predicted octanol–water partition coefficient (Wildman–Crippen LogP) is 7.16. The highest BCUT2D eigenvalue weighted by Crippen LogP contribution is 2.32. The van der Waals surface area contributed by atoms with E-state index in [1.807, 2.05) is 55.5 Å². The molecular formula is C25H26ClFO3. The van der Waals surface area contributed by atoms with Gasteiger partial charge in [0.05, 0.1) is 24.8 Å². The fourth-order valence-corrected chi connectivity index (χ4v) is 3.28. The minimum Gasteiger partial charge on any atom is -0.492 e. The lowest BCUT2D eigenvalue weighted by Gasteiger charge is -2.26. The molecule has 3 rings (SSSR count). The first-order valence-corrected chi connectivity index (χ1v) is 10.3. The molecule has 5 heteroatoms. The molecule has 0 saturated heterocycles. The number of halogens is 2. The molecule has 0 aromatic heterocycles. The molecular weight excluding hydrogens is 403 g/mol. The maximum atomic E-state index is 14.3. The van der Waals surface area contributed by atoms with Gasteiger partial charge in [-0.2, -0.15) is 0 Å². The van der Waals surface area contributed by atoms with Crippen LogP contribution in [0.15, 0.2) is 66.7 Å². The molecule has 3 aromatic carbocycles. The normalized spacial score (nSPS) is 11.4. The Bertz CT molecular complexity index is 973. The Morgan fingerprint density at radius 3 is 2.40 bits per heavy atom. The van der Waals surface area contributed by atoms with E-state index in [0.717, 1.165) is 5.56 Å². The van der Waals surface area contributed by atoms with E-state index in [4.69, 9.17) is 25.8 Å². The number of benzene rings is 3. The maximum Gasteiger partial charge on any atom is 0.137 e. The monoisotopic (exact) mass is 428 g/mol. The lowest BCUT2D eigenvalue weighted by atomic mass is 9.85. The van der Waals surface area contributed by atoms with Crippen LogP contribution in [0.4, 0.5) is 4.39 Å². The highest BCUT2D eigenvalue weighted by atomic mass is 35.5. The molecule has 0 bridgehead atoms. The van der Waals surface area contributed by atoms with Crippen LogP contribution in [0.1, 0.15) is 31.9 Å². The van der Waals surface area contributed by atoms with Gasteiger partial charge in [0.2, 0.25) is 0 Å². The van der Waals surface area contributed by atoms with Crippen LogP contribution in [0.3, 0.4) is 0 Å². The smallest absolute Gasteiger partial charge is 0.137 e. The van der Waals surface area contributed by atoms with Gasteiger partial charge in [0, 0.05) is 11.0 Å². The minimum atomic E-state index is -0.322. The second-order valence-electron chi connectivity index (χ2n) is 7.62. The van der Waals surface area contributed by atoms with Gasteiger partial charge in [-0.25, -0.2) is 4.39 Å². The zero-order valence-corrected chi connectivity index (χ0v) is 18.2. The lowest BCUT2D eigenvalue weighted by Crippen LogP contribution is -2.24. The molecule has 30 heavy (non-hydrogen) atoms. The summed E-state index contributed by atoms with van der Waals surface area (Å²) in [5, 5.41) is 0.569. The SMILES string of the molecule is CCOc1ccc(C(C)(C)COCc2cc(Oc3ccccc3)ccc2F)cc1Cl. The van der Waals surface area contributed by atoms with Crippen molar-refractivity contribution in [3.05, 3.63) is 88.7 Å². The third kappa shape index (κ3) is 5.74. The summed E-state index contributed by atoms with van der Waals surface area (Å²) in [6.45, 7) is 7.15. The topological polar surface area (TPSA) is 27.7 Å². The number of hydrogen-bond acceptors (Lipinski definition) is 3. The summed E-state index contributed by atoms with van der Waals surface area (Å²) < 4.78 is 31.4. The zero-order chi connectivity index (χ0) is 21.6. The average molecular weight is 429 g/mol. The van der Waals surface area contributed by atoms with Crippen molar-refractivity contribution in [2.75, 3.05) is 13.2 Å². The quantitative estimate of drug-likeness (QED) is 0.361. The van der Waals surface area contributed by atoms with E-state index in [2.05, 4.69) is 13.8 Å². The van der Waals surface area contributed by atoms with Gasteiger partial charge in [0.1, 0.15) is 23.1 Å². The Morgan fingerprint density at radius 2 is 1.70 bits per heavy atom. The number of para-hydroxylation sites is 1. The van der Waals surface area contributed by atoms with Crippen molar-refractivity contribution in [1.29, 1.82) is 0 Å². The molecule has 158 valence electrons. The van der Waals surface area contributed by atoms with Crippen LogP contribution in [-0.4, -0.2) is 13.2 Å². The Kier molecular flexibility index (Phi) is 7.35. The van der Waals surface area contributed by atoms with Crippen molar-refractivity contribution < 1.29 is 18.6 Å². The Balaban J connectivity index is 1.63. The van der Waals surface area contributed by atoms with Crippen molar-refractivity contribution in [3.63, 3.8) is 0 Å². The second-order valence-corrected chi connectivity index (χ2v) is 8.03. The largest absolute Gasteiger partial charge is 0.492 e. The molecule has 0 radical (unpaired) electrons. The molecule has 0 unspecified atom stereocenters. The van der Waals surface area contributed by atoms with E-state index >= 15 is 0 Å². The molecule has 0 aliphatic rings. The van der Waals surface area contributed by atoms with Gasteiger partial charge in [-0.1, -0.05) is 49.7 Å². The fourth-order valence-electron chi connectivity index (χ4n) is 3.04. The van der Waals surface area contributed by atoms with Crippen LogP contribution >= 0.6 is 11.6 Å². The third-order valence-corrected chi connectivity index (χ3v) is 5.03. The summed E-state index contributed by atoms with van der Waals surface area (Å²) in [4.78, 5) is 0. The van der Waals surface area contributed by atoms with E-state index in [1.165, 1.54) is 6.07 Å². The molecule has 3 aromatic rings. The van der Waals surface area contributed by atoms with Crippen LogP contribution in [-0.2, 0) is 16.8 Å². The van der Waals surface area contributed by atoms with Gasteiger partial charge in [-0.15, -0.1) is 0 Å². The molecule has 0 heterocycles. The van der Waals surface area contributed by atoms with E-state index in [-0.39, 0.29) is 17.8 Å². The standard InChI is InChI=1S/C25H26ClFO3/c1-4-29-24-13-10-19(15-22(24)26)25(2,3)17-28-16-18-14-21(11-12-23(18)27)30-20-8-6-5-7-9-20/h5-15H,4,16-17H2,1-3H3. The average Bonchev–Trinajstić information content (AvgIpc) is 2.72. The second kappa shape index (κ2) is 9.96. The zero-order valence-electron chi connectivity index (χ0n) is 17.5. The van der Waals surface area contributed by atoms with Crippen molar-refractivity contribution in [2.45, 2.75) is 32.8 Å². The van der Waals surface area contributed by atoms with Crippen LogP contribution in [0.5, 0.6) is 17.2 Å². The van der Waals surface area contributed by atoms with Crippen LogP contribution in [0.25, 0.3) is 0 Å². The van der Waals surface area contributed by atoms with Crippen molar-refractivity contribution in [3.8, 4) is 17.2 Å². The molecule has 0 atom stereocenters. The molecule has 0 aliphatic heterocycles. The Hall–Kier alpha value is -2.56. The van der Waals surface area contributed by atoms with Gasteiger partial charge in [-0.05, 0) is 55.0 Å². The van der Waals surface area contributed by atoms with Gasteiger partial charge in [-0.3, -0.25) is 0 Å². The molecule has 3 nitrogen and oxygen atoms in total. The van der Waals surface area contributed by atoms with Crippen molar-refractivity contribution in [1.82, 2.24) is 0 Å². The predicted molar refractivity (Wildman–Crippen MR) is 118 cm³/mol. The third-order valence-electron chi connectivity index (χ3n) is 4.73. The van der Waals surface area contributed by atoms with Gasteiger partial charge < -0.3 is 14.2 Å². The maximum absolute atomic E-state index is 14.3.